The van der Waals surface area contributed by atoms with Crippen LogP contribution in [0.1, 0.15) is 19.0 Å². The van der Waals surface area contributed by atoms with Crippen LogP contribution >= 0.6 is 46.6 Å². The molecular formula is C21H20N6O10S4. The Morgan fingerprint density at radius 1 is 1.24 bits per heavy atom. The summed E-state index contributed by atoms with van der Waals surface area (Å²) in [6.07, 6.45) is -1.30. The highest BCUT2D eigenvalue weighted by molar-refractivity contribution is 8.38. The number of thioether (sulfide) groups is 3. The van der Waals surface area contributed by atoms with E-state index in [0.29, 0.717) is 5.57 Å². The Morgan fingerprint density at radius 3 is 2.44 bits per heavy atom. The summed E-state index contributed by atoms with van der Waals surface area (Å²) in [5.41, 5.74) is 9.76. The summed E-state index contributed by atoms with van der Waals surface area (Å²) < 4.78 is -0.448. The summed E-state index contributed by atoms with van der Waals surface area (Å²) in [7, 11) is 0. The number of aliphatic carboxylic acids is 3. The third-order valence-electron chi connectivity index (χ3n) is 5.76. The van der Waals surface area contributed by atoms with Gasteiger partial charge in [-0.15, -0.1) is 23.1 Å². The molecule has 2 fully saturated rings. The lowest BCUT2D eigenvalue weighted by Gasteiger charge is -2.50. The van der Waals surface area contributed by atoms with Gasteiger partial charge in [0.05, 0.1) is 8.82 Å². The Labute approximate surface area is 246 Å². The Bertz CT molecular complexity index is 1430. The number of hydrogen-bond donors (Lipinski definition) is 6. The molecule has 4 rings (SSSR count). The van der Waals surface area contributed by atoms with Crippen molar-refractivity contribution in [3.8, 4) is 0 Å². The second-order valence-corrected chi connectivity index (χ2v) is 13.1. The number of fused-ring (bicyclic) bond motifs is 1. The van der Waals surface area contributed by atoms with E-state index in [1.165, 1.54) is 17.1 Å². The van der Waals surface area contributed by atoms with Crippen LogP contribution in [0.3, 0.4) is 0 Å². The smallest absolute Gasteiger partial charge is 0.352 e. The minimum Gasteiger partial charge on any atom is -0.478 e. The number of thiazole rings is 1. The average molecular weight is 645 g/mol. The molecule has 8 N–H and O–H groups in total. The summed E-state index contributed by atoms with van der Waals surface area (Å²) in [5.74, 6) is -6.86. The van der Waals surface area contributed by atoms with E-state index in [9.17, 15) is 44.1 Å². The van der Waals surface area contributed by atoms with E-state index in [0.717, 1.165) is 39.8 Å². The summed E-state index contributed by atoms with van der Waals surface area (Å²) in [5, 5.41) is 35.2. The Morgan fingerprint density at radius 2 is 1.93 bits per heavy atom. The van der Waals surface area contributed by atoms with Gasteiger partial charge in [-0.2, -0.15) is 0 Å². The molecule has 2 saturated heterocycles. The number of carbonyl (C=O) groups is 6. The second-order valence-electron chi connectivity index (χ2n) is 8.29. The molecule has 3 aliphatic heterocycles. The van der Waals surface area contributed by atoms with Crippen LogP contribution < -0.4 is 16.8 Å². The molecule has 3 atom stereocenters. The molecule has 41 heavy (non-hydrogen) atoms. The van der Waals surface area contributed by atoms with E-state index in [4.69, 9.17) is 16.3 Å². The molecule has 0 radical (unpaired) electrons. The fraction of sp³-hybridized carbons (Fsp3) is 0.333. The van der Waals surface area contributed by atoms with Gasteiger partial charge in [-0.1, -0.05) is 35.6 Å². The number of rotatable bonds is 11. The number of nitrogen functional groups attached to an aromatic ring is 1. The standard InChI is InChI=1S/C21H20N6O10S4/c1-2-7(16(31)32)37-26-9(6-4-39-21(23)24-6)13(29)25-10-14(30)27-11(18(35)36)5(3-38-15(10)27)19-40-20(41-19)8(12(22)28)17(33)34/h4,7,10,15,19H,2-3H2,1H3,(H2,22,28)(H2,23,24)(H,25,29)(H,31,32)(H,33,34)(H,35,36)/b20-8?,26-9-/t7?,10-,15-,19?/m1/s1. The van der Waals surface area contributed by atoms with Crippen molar-refractivity contribution < 1.29 is 48.9 Å². The van der Waals surface area contributed by atoms with E-state index in [1.807, 2.05) is 0 Å². The van der Waals surface area contributed by atoms with Gasteiger partial charge in [-0.05, 0) is 12.0 Å². The molecular weight excluding hydrogens is 625 g/mol. The lowest BCUT2D eigenvalue weighted by atomic mass is 10.0. The fourth-order valence-corrected chi connectivity index (χ4v) is 8.51. The highest BCUT2D eigenvalue weighted by Gasteiger charge is 2.56. The van der Waals surface area contributed by atoms with Crippen molar-refractivity contribution in [3.63, 3.8) is 0 Å². The third-order valence-corrected chi connectivity index (χ3v) is 10.7. The van der Waals surface area contributed by atoms with E-state index in [2.05, 4.69) is 15.5 Å². The van der Waals surface area contributed by atoms with Crippen molar-refractivity contribution in [1.82, 2.24) is 15.2 Å². The van der Waals surface area contributed by atoms with E-state index in [-0.39, 0.29) is 32.9 Å². The molecule has 1 aromatic rings. The number of nitrogens with zero attached hydrogens (tertiary/aromatic N) is 3. The summed E-state index contributed by atoms with van der Waals surface area (Å²) in [6, 6.07) is -1.16. The molecule has 1 unspecified atom stereocenters. The largest absolute Gasteiger partial charge is 0.478 e. The van der Waals surface area contributed by atoms with Gasteiger partial charge >= 0.3 is 17.9 Å². The van der Waals surface area contributed by atoms with Crippen LogP contribution in [0.4, 0.5) is 5.13 Å². The first kappa shape index (κ1) is 30.2. The van der Waals surface area contributed by atoms with Crippen LogP contribution in [-0.4, -0.2) is 94.4 Å². The highest BCUT2D eigenvalue weighted by atomic mass is 32.3. The average Bonchev–Trinajstić information content (AvgIpc) is 3.30. The van der Waals surface area contributed by atoms with Gasteiger partial charge in [0, 0.05) is 11.1 Å². The topological polar surface area (TPSA) is 265 Å². The summed E-state index contributed by atoms with van der Waals surface area (Å²) >= 11 is 4.06. The van der Waals surface area contributed by atoms with Crippen molar-refractivity contribution in [1.29, 1.82) is 0 Å². The number of amides is 3. The van der Waals surface area contributed by atoms with Crippen LogP contribution in [0.15, 0.2) is 31.6 Å². The van der Waals surface area contributed by atoms with Gasteiger partial charge in [0.15, 0.2) is 10.8 Å². The molecule has 218 valence electrons. The summed E-state index contributed by atoms with van der Waals surface area (Å²) in [4.78, 5) is 82.5. The number of hydrogen-bond acceptors (Lipinski definition) is 14. The van der Waals surface area contributed by atoms with Crippen LogP contribution in [0.5, 0.6) is 0 Å². The molecule has 16 nitrogen and oxygen atoms in total. The van der Waals surface area contributed by atoms with E-state index < -0.39 is 69.0 Å². The number of anilines is 1. The monoisotopic (exact) mass is 644 g/mol. The number of β-lactam (4-membered cyclic amide) rings is 1. The number of carboxylic acids is 3. The lowest BCUT2D eigenvalue weighted by molar-refractivity contribution is -0.151. The number of carboxylic acid groups (broad SMARTS) is 3. The van der Waals surface area contributed by atoms with Crippen LogP contribution in [0.2, 0.25) is 0 Å². The molecule has 4 heterocycles. The molecule has 0 spiro atoms. The SMILES string of the molecule is CCC(O/N=C(\C(=O)N[C@@H]1C(=O)N2C(C(=O)O)=C(C3SC(=C(C(N)=O)C(=O)O)S3)CS[C@H]12)c1csc(N)n1)C(=O)O. The normalized spacial score (nSPS) is 22.6. The third kappa shape index (κ3) is 5.85. The maximum Gasteiger partial charge on any atom is 0.352 e. The van der Waals surface area contributed by atoms with Crippen molar-refractivity contribution in [3.05, 3.63) is 32.2 Å². The van der Waals surface area contributed by atoms with Crippen LogP contribution in [0.25, 0.3) is 0 Å². The van der Waals surface area contributed by atoms with Crippen LogP contribution in [-0.2, 0) is 33.6 Å². The van der Waals surface area contributed by atoms with Crippen molar-refractivity contribution in [2.45, 2.75) is 35.4 Å². The quantitative estimate of drug-likeness (QED) is 0.0448. The number of nitrogens with two attached hydrogens (primary N) is 2. The molecule has 1 aromatic heterocycles. The lowest BCUT2D eigenvalue weighted by Crippen LogP contribution is -2.71. The fourth-order valence-electron chi connectivity index (χ4n) is 3.80. The number of nitrogens with one attached hydrogen (secondary N) is 1. The number of aromatic nitrogens is 1. The predicted molar refractivity (Wildman–Crippen MR) is 148 cm³/mol. The van der Waals surface area contributed by atoms with Gasteiger partial charge in [0.1, 0.15) is 28.4 Å². The maximum atomic E-state index is 13.1. The number of carbonyl (C=O) groups excluding carboxylic acids is 3. The minimum absolute atomic E-state index is 0.0156. The molecule has 0 bridgehead atoms. The minimum atomic E-state index is -1.50. The molecule has 0 saturated carbocycles. The zero-order valence-electron chi connectivity index (χ0n) is 20.6. The van der Waals surface area contributed by atoms with Crippen molar-refractivity contribution in [2.24, 2.45) is 10.9 Å². The molecule has 0 aromatic carbocycles. The predicted octanol–water partition coefficient (Wildman–Crippen LogP) is -0.365. The van der Waals surface area contributed by atoms with Gasteiger partial charge in [0.25, 0.3) is 17.7 Å². The zero-order chi connectivity index (χ0) is 30.2. The van der Waals surface area contributed by atoms with Crippen molar-refractivity contribution in [2.75, 3.05) is 11.5 Å². The first-order chi connectivity index (χ1) is 19.3. The second kappa shape index (κ2) is 12.0. The molecule has 0 aliphatic carbocycles. The van der Waals surface area contributed by atoms with Gasteiger partial charge in [-0.3, -0.25) is 19.3 Å². The molecule has 3 aliphatic rings. The maximum absolute atomic E-state index is 13.1. The van der Waals surface area contributed by atoms with Gasteiger partial charge < -0.3 is 36.9 Å². The Hall–Kier alpha value is -3.75. The van der Waals surface area contributed by atoms with E-state index in [1.54, 1.807) is 6.92 Å². The van der Waals surface area contributed by atoms with Gasteiger partial charge in [-0.25, -0.2) is 19.4 Å². The van der Waals surface area contributed by atoms with Crippen molar-refractivity contribution >= 4 is 93.1 Å². The Kier molecular flexibility index (Phi) is 8.85. The first-order valence-corrected chi connectivity index (χ1v) is 15.0. The Balaban J connectivity index is 1.54. The first-order valence-electron chi connectivity index (χ1n) is 11.4. The number of oxime groups is 1. The van der Waals surface area contributed by atoms with Crippen LogP contribution in [0, 0.1) is 0 Å². The zero-order valence-corrected chi connectivity index (χ0v) is 23.9. The molecule has 3 amide bonds. The van der Waals surface area contributed by atoms with E-state index >= 15 is 0 Å². The summed E-state index contributed by atoms with van der Waals surface area (Å²) in [6.45, 7) is 1.54. The highest BCUT2D eigenvalue weighted by Crippen LogP contribution is 2.58. The molecule has 20 heteroatoms. The van der Waals surface area contributed by atoms with Gasteiger partial charge in [0.2, 0.25) is 6.10 Å². The number of primary amides is 1.